The summed E-state index contributed by atoms with van der Waals surface area (Å²) in [5.74, 6) is 2.92. The van der Waals surface area contributed by atoms with Crippen molar-refractivity contribution in [3.8, 4) is 0 Å². The maximum absolute atomic E-state index is 10.8. The van der Waals surface area contributed by atoms with Gasteiger partial charge in [-0.15, -0.1) is 0 Å². The molecular formula is C21H34O2. The highest BCUT2D eigenvalue weighted by Crippen LogP contribution is 2.66. The van der Waals surface area contributed by atoms with Gasteiger partial charge in [-0.25, -0.2) is 0 Å². The van der Waals surface area contributed by atoms with Gasteiger partial charge in [0.25, 0.3) is 0 Å². The van der Waals surface area contributed by atoms with E-state index in [0.717, 1.165) is 37.5 Å². The minimum Gasteiger partial charge on any atom is -0.393 e. The van der Waals surface area contributed by atoms with Crippen molar-refractivity contribution in [1.82, 2.24) is 0 Å². The molecule has 0 radical (unpaired) electrons. The molecule has 8 atom stereocenters. The molecule has 0 bridgehead atoms. The standard InChI is InChI=1S/C21H34O2/c1-4-13-11-18(23)21(3)10-8-17-16(19(13)21)6-5-14-12-15(22)7-9-20(14,17)2/h5,13,15-19,22-23H,4,6-12H2,1-3H3/t13?,15?,16-,17-,18?,19+,20+,21-/m1/s1. The maximum atomic E-state index is 10.8. The van der Waals surface area contributed by atoms with Crippen LogP contribution in [0, 0.1) is 34.5 Å². The second-order valence-electron chi connectivity index (χ2n) is 9.54. The van der Waals surface area contributed by atoms with Gasteiger partial charge in [-0.2, -0.15) is 0 Å². The molecule has 0 heterocycles. The third-order valence-electron chi connectivity index (χ3n) is 8.69. The number of aliphatic hydroxyl groups is 2. The topological polar surface area (TPSA) is 40.5 Å². The van der Waals surface area contributed by atoms with Crippen molar-refractivity contribution in [2.24, 2.45) is 34.5 Å². The van der Waals surface area contributed by atoms with E-state index in [0.29, 0.717) is 17.3 Å². The Bertz CT molecular complexity index is 512. The van der Waals surface area contributed by atoms with Crippen molar-refractivity contribution in [2.75, 3.05) is 0 Å². The molecule has 0 aromatic carbocycles. The van der Waals surface area contributed by atoms with Gasteiger partial charge in [-0.05, 0) is 79.4 Å². The molecule has 0 spiro atoms. The number of hydrogen-bond donors (Lipinski definition) is 2. The molecule has 0 aromatic rings. The normalized spacial score (nSPS) is 55.6. The first-order valence-electron chi connectivity index (χ1n) is 9.95. The van der Waals surface area contributed by atoms with Crippen molar-refractivity contribution in [3.05, 3.63) is 11.6 Å². The largest absolute Gasteiger partial charge is 0.393 e. The lowest BCUT2D eigenvalue weighted by atomic mass is 9.47. The van der Waals surface area contributed by atoms with Gasteiger partial charge < -0.3 is 10.2 Å². The molecule has 3 unspecified atom stereocenters. The summed E-state index contributed by atoms with van der Waals surface area (Å²) in [6.07, 6.45) is 11.2. The van der Waals surface area contributed by atoms with Gasteiger partial charge in [0.2, 0.25) is 0 Å². The van der Waals surface area contributed by atoms with Gasteiger partial charge in [0.05, 0.1) is 12.2 Å². The van der Waals surface area contributed by atoms with Crippen LogP contribution in [0.25, 0.3) is 0 Å². The summed E-state index contributed by atoms with van der Waals surface area (Å²) in [6, 6.07) is 0. The number of aliphatic hydroxyl groups excluding tert-OH is 2. The van der Waals surface area contributed by atoms with Crippen LogP contribution in [0.2, 0.25) is 0 Å². The molecule has 2 heteroatoms. The van der Waals surface area contributed by atoms with Crippen LogP contribution < -0.4 is 0 Å². The maximum Gasteiger partial charge on any atom is 0.0599 e. The zero-order valence-electron chi connectivity index (χ0n) is 15.1. The van der Waals surface area contributed by atoms with Crippen molar-refractivity contribution in [2.45, 2.75) is 84.3 Å². The second kappa shape index (κ2) is 5.33. The molecule has 130 valence electrons. The number of hydrogen-bond acceptors (Lipinski definition) is 2. The summed E-state index contributed by atoms with van der Waals surface area (Å²) in [5.41, 5.74) is 2.01. The molecule has 4 aliphatic carbocycles. The lowest BCUT2D eigenvalue weighted by Gasteiger charge is -2.58. The molecule has 3 saturated carbocycles. The third kappa shape index (κ3) is 2.13. The van der Waals surface area contributed by atoms with Crippen molar-refractivity contribution >= 4 is 0 Å². The first-order chi connectivity index (χ1) is 10.9. The summed E-state index contributed by atoms with van der Waals surface area (Å²) in [6.45, 7) is 7.17. The Kier molecular flexibility index (Phi) is 3.74. The molecular weight excluding hydrogens is 284 g/mol. The van der Waals surface area contributed by atoms with Crippen LogP contribution in [0.4, 0.5) is 0 Å². The van der Waals surface area contributed by atoms with Crippen LogP contribution in [-0.4, -0.2) is 22.4 Å². The van der Waals surface area contributed by atoms with Gasteiger partial charge in [0, 0.05) is 0 Å². The Balaban J connectivity index is 1.70. The van der Waals surface area contributed by atoms with Crippen LogP contribution >= 0.6 is 0 Å². The van der Waals surface area contributed by atoms with E-state index in [1.165, 1.54) is 25.7 Å². The summed E-state index contributed by atoms with van der Waals surface area (Å²) in [7, 11) is 0. The van der Waals surface area contributed by atoms with Crippen LogP contribution in [0.3, 0.4) is 0 Å². The van der Waals surface area contributed by atoms with E-state index in [9.17, 15) is 10.2 Å². The van der Waals surface area contributed by atoms with E-state index < -0.39 is 0 Å². The van der Waals surface area contributed by atoms with Crippen molar-refractivity contribution in [1.29, 1.82) is 0 Å². The summed E-state index contributed by atoms with van der Waals surface area (Å²) >= 11 is 0. The summed E-state index contributed by atoms with van der Waals surface area (Å²) in [5, 5.41) is 20.8. The molecule has 3 fully saturated rings. The van der Waals surface area contributed by atoms with E-state index in [-0.39, 0.29) is 17.6 Å². The highest BCUT2D eigenvalue weighted by molar-refractivity contribution is 5.25. The van der Waals surface area contributed by atoms with E-state index in [4.69, 9.17) is 0 Å². The van der Waals surface area contributed by atoms with Gasteiger partial charge >= 0.3 is 0 Å². The third-order valence-corrected chi connectivity index (χ3v) is 8.69. The fourth-order valence-corrected chi connectivity index (χ4v) is 7.32. The van der Waals surface area contributed by atoms with E-state index in [1.54, 1.807) is 5.57 Å². The van der Waals surface area contributed by atoms with Crippen molar-refractivity contribution < 1.29 is 10.2 Å². The summed E-state index contributed by atoms with van der Waals surface area (Å²) < 4.78 is 0. The molecule has 0 saturated heterocycles. The quantitative estimate of drug-likeness (QED) is 0.707. The SMILES string of the molecule is CCC1CC(O)[C@@]2(C)CC[C@@H]3[C@@H](CC=C4CC(O)CC[C@@]43C)[C@H]12. The average molecular weight is 319 g/mol. The smallest absolute Gasteiger partial charge is 0.0599 e. The van der Waals surface area contributed by atoms with Gasteiger partial charge in [0.1, 0.15) is 0 Å². The van der Waals surface area contributed by atoms with Crippen molar-refractivity contribution in [3.63, 3.8) is 0 Å². The first-order valence-corrected chi connectivity index (χ1v) is 9.95. The fraction of sp³-hybridized carbons (Fsp3) is 0.905. The predicted molar refractivity (Wildman–Crippen MR) is 92.9 cm³/mol. The molecule has 2 nitrogen and oxygen atoms in total. The van der Waals surface area contributed by atoms with E-state index in [2.05, 4.69) is 26.8 Å². The fourth-order valence-electron chi connectivity index (χ4n) is 7.32. The Labute approximate surface area is 141 Å². The summed E-state index contributed by atoms with van der Waals surface area (Å²) in [4.78, 5) is 0. The average Bonchev–Trinajstić information content (AvgIpc) is 2.79. The zero-order chi connectivity index (χ0) is 16.4. The molecule has 4 rings (SSSR count). The Morgan fingerprint density at radius 2 is 1.96 bits per heavy atom. The zero-order valence-corrected chi connectivity index (χ0v) is 15.1. The minimum absolute atomic E-state index is 0.0928. The minimum atomic E-state index is -0.114. The van der Waals surface area contributed by atoms with Crippen LogP contribution in [0.15, 0.2) is 11.6 Å². The Morgan fingerprint density at radius 3 is 2.70 bits per heavy atom. The van der Waals surface area contributed by atoms with Crippen LogP contribution in [0.1, 0.15) is 72.1 Å². The van der Waals surface area contributed by atoms with Gasteiger partial charge in [-0.3, -0.25) is 0 Å². The molecule has 4 aliphatic rings. The lowest BCUT2D eigenvalue weighted by Crippen LogP contribution is -2.52. The molecule has 0 amide bonds. The number of rotatable bonds is 1. The number of fused-ring (bicyclic) bond motifs is 5. The lowest BCUT2D eigenvalue weighted by molar-refractivity contribution is -0.0791. The second-order valence-corrected chi connectivity index (χ2v) is 9.54. The Hall–Kier alpha value is -0.340. The highest BCUT2D eigenvalue weighted by Gasteiger charge is 2.60. The molecule has 0 aromatic heterocycles. The van der Waals surface area contributed by atoms with Crippen LogP contribution in [-0.2, 0) is 0 Å². The van der Waals surface area contributed by atoms with E-state index >= 15 is 0 Å². The van der Waals surface area contributed by atoms with Gasteiger partial charge in [0.15, 0.2) is 0 Å². The van der Waals surface area contributed by atoms with Crippen LogP contribution in [0.5, 0.6) is 0 Å². The monoisotopic (exact) mass is 318 g/mol. The Morgan fingerprint density at radius 1 is 1.17 bits per heavy atom. The van der Waals surface area contributed by atoms with E-state index in [1.807, 2.05) is 0 Å². The number of allylic oxidation sites excluding steroid dienone is 1. The molecule has 0 aliphatic heterocycles. The highest BCUT2D eigenvalue weighted by atomic mass is 16.3. The first kappa shape index (κ1) is 16.1. The molecule has 2 N–H and O–H groups in total. The predicted octanol–water partition coefficient (Wildman–Crippen LogP) is 4.31. The van der Waals surface area contributed by atoms with Gasteiger partial charge in [-0.1, -0.05) is 38.8 Å². The molecule has 23 heavy (non-hydrogen) atoms.